The first-order chi connectivity index (χ1) is 14.3. The third-order valence-corrected chi connectivity index (χ3v) is 6.72. The second-order valence-electron chi connectivity index (χ2n) is 6.84. The van der Waals surface area contributed by atoms with Crippen molar-refractivity contribution in [2.24, 2.45) is 5.92 Å². The van der Waals surface area contributed by atoms with Crippen molar-refractivity contribution in [3.05, 3.63) is 53.0 Å². The average molecular weight is 495 g/mol. The lowest BCUT2D eigenvalue weighted by Gasteiger charge is -2.15. The standard InChI is InChI=1S/C21H23BrN2O5S/c1-28-18-9-8-16(12-17(18)22)24-30(26,27)20-13-15(7-10-19(20)29-2)23-21(25)11-14-5-3-4-6-14/h3,5,7-10,12-14,24H,4,6,11H2,1-2H3,(H,23,25). The minimum absolute atomic E-state index is 0.0736. The molecule has 160 valence electrons. The van der Waals surface area contributed by atoms with Crippen LogP contribution in [-0.4, -0.2) is 28.5 Å². The normalized spacial score (nSPS) is 15.6. The highest BCUT2D eigenvalue weighted by Gasteiger charge is 2.22. The number of nitrogens with one attached hydrogen (secondary N) is 2. The van der Waals surface area contributed by atoms with E-state index in [9.17, 15) is 13.2 Å². The highest BCUT2D eigenvalue weighted by atomic mass is 79.9. The Morgan fingerprint density at radius 3 is 2.43 bits per heavy atom. The number of carbonyl (C=O) groups excluding carboxylic acids is 1. The van der Waals surface area contributed by atoms with Gasteiger partial charge in [-0.05, 0) is 71.1 Å². The van der Waals surface area contributed by atoms with Crippen molar-refractivity contribution in [3.8, 4) is 11.5 Å². The molecule has 9 heteroatoms. The van der Waals surface area contributed by atoms with Gasteiger partial charge >= 0.3 is 0 Å². The topological polar surface area (TPSA) is 93.7 Å². The van der Waals surface area contributed by atoms with Crippen LogP contribution in [0.1, 0.15) is 19.3 Å². The summed E-state index contributed by atoms with van der Waals surface area (Å²) >= 11 is 3.34. The van der Waals surface area contributed by atoms with Gasteiger partial charge < -0.3 is 14.8 Å². The molecule has 1 unspecified atom stereocenters. The highest BCUT2D eigenvalue weighted by Crippen LogP contribution is 2.32. The molecule has 0 radical (unpaired) electrons. The lowest BCUT2D eigenvalue weighted by molar-refractivity contribution is -0.116. The summed E-state index contributed by atoms with van der Waals surface area (Å²) in [5, 5.41) is 2.78. The lowest BCUT2D eigenvalue weighted by atomic mass is 10.1. The Kier molecular flexibility index (Phi) is 7.04. The number of hydrogen-bond donors (Lipinski definition) is 2. The van der Waals surface area contributed by atoms with Gasteiger partial charge in [-0.25, -0.2) is 8.42 Å². The van der Waals surface area contributed by atoms with Gasteiger partial charge in [-0.3, -0.25) is 9.52 Å². The molecule has 3 rings (SSSR count). The largest absolute Gasteiger partial charge is 0.496 e. The maximum absolute atomic E-state index is 13.0. The Labute approximate surface area is 184 Å². The van der Waals surface area contributed by atoms with Crippen LogP contribution in [0.4, 0.5) is 11.4 Å². The van der Waals surface area contributed by atoms with E-state index in [4.69, 9.17) is 9.47 Å². The number of carbonyl (C=O) groups is 1. The summed E-state index contributed by atoms with van der Waals surface area (Å²) in [6, 6.07) is 9.36. The summed E-state index contributed by atoms with van der Waals surface area (Å²) in [5.74, 6) is 0.817. The number of anilines is 2. The van der Waals surface area contributed by atoms with Crippen molar-refractivity contribution in [1.29, 1.82) is 0 Å². The monoisotopic (exact) mass is 494 g/mol. The molecule has 2 N–H and O–H groups in total. The molecule has 1 aliphatic rings. The number of benzene rings is 2. The number of allylic oxidation sites excluding steroid dienone is 2. The number of methoxy groups -OCH3 is 2. The molecule has 0 bridgehead atoms. The van der Waals surface area contributed by atoms with Gasteiger partial charge in [0.15, 0.2) is 0 Å². The molecular formula is C21H23BrN2O5S. The van der Waals surface area contributed by atoms with E-state index in [0.717, 1.165) is 12.8 Å². The van der Waals surface area contributed by atoms with Crippen LogP contribution in [0.3, 0.4) is 0 Å². The Hall–Kier alpha value is -2.52. The van der Waals surface area contributed by atoms with E-state index in [0.29, 0.717) is 28.0 Å². The molecule has 7 nitrogen and oxygen atoms in total. The quantitative estimate of drug-likeness (QED) is 0.524. The van der Waals surface area contributed by atoms with Gasteiger partial charge in [-0.15, -0.1) is 0 Å². The van der Waals surface area contributed by atoms with E-state index in [1.807, 2.05) is 6.08 Å². The van der Waals surface area contributed by atoms with Crippen molar-refractivity contribution in [1.82, 2.24) is 0 Å². The third kappa shape index (κ3) is 5.34. The van der Waals surface area contributed by atoms with Gasteiger partial charge in [-0.1, -0.05) is 12.2 Å². The van der Waals surface area contributed by atoms with E-state index < -0.39 is 10.0 Å². The number of halogens is 1. The van der Waals surface area contributed by atoms with Crippen LogP contribution in [0.5, 0.6) is 11.5 Å². The summed E-state index contributed by atoms with van der Waals surface area (Å²) < 4.78 is 39.5. The first kappa shape index (κ1) is 22.2. The fourth-order valence-electron chi connectivity index (χ4n) is 3.22. The third-order valence-electron chi connectivity index (χ3n) is 4.70. The number of rotatable bonds is 8. The van der Waals surface area contributed by atoms with Gasteiger partial charge in [0.2, 0.25) is 5.91 Å². The summed E-state index contributed by atoms with van der Waals surface area (Å²) in [5.41, 5.74) is 0.742. The Morgan fingerprint density at radius 2 is 1.80 bits per heavy atom. The zero-order valence-corrected chi connectivity index (χ0v) is 19.0. The van der Waals surface area contributed by atoms with Crippen LogP contribution >= 0.6 is 15.9 Å². The van der Waals surface area contributed by atoms with Crippen molar-refractivity contribution in [3.63, 3.8) is 0 Å². The summed E-state index contributed by atoms with van der Waals surface area (Å²) in [7, 11) is -1.05. The number of sulfonamides is 1. The summed E-state index contributed by atoms with van der Waals surface area (Å²) in [6.45, 7) is 0. The van der Waals surface area contributed by atoms with Gasteiger partial charge in [0.25, 0.3) is 10.0 Å². The van der Waals surface area contributed by atoms with Crippen molar-refractivity contribution in [2.45, 2.75) is 24.2 Å². The molecule has 2 aromatic rings. The van der Waals surface area contributed by atoms with Crippen LogP contribution in [0.15, 0.2) is 57.9 Å². The molecule has 0 aliphatic heterocycles. The Bertz CT molecular complexity index is 1070. The lowest BCUT2D eigenvalue weighted by Crippen LogP contribution is -2.17. The molecule has 0 fully saturated rings. The molecule has 1 aliphatic carbocycles. The van der Waals surface area contributed by atoms with Crippen LogP contribution in [-0.2, 0) is 14.8 Å². The first-order valence-corrected chi connectivity index (χ1v) is 11.6. The van der Waals surface area contributed by atoms with Crippen molar-refractivity contribution < 1.29 is 22.7 Å². The molecule has 0 saturated carbocycles. The van der Waals surface area contributed by atoms with Gasteiger partial charge in [0, 0.05) is 12.1 Å². The Morgan fingerprint density at radius 1 is 1.10 bits per heavy atom. The number of ether oxygens (including phenoxy) is 2. The van der Waals surface area contributed by atoms with Crippen molar-refractivity contribution >= 4 is 43.2 Å². The molecule has 0 aromatic heterocycles. The molecular weight excluding hydrogens is 472 g/mol. The van der Waals surface area contributed by atoms with Crippen molar-refractivity contribution in [2.75, 3.05) is 24.3 Å². The maximum atomic E-state index is 13.0. The van der Waals surface area contributed by atoms with Gasteiger partial charge in [-0.2, -0.15) is 0 Å². The fourth-order valence-corrected chi connectivity index (χ4v) is 5.01. The number of hydrogen-bond acceptors (Lipinski definition) is 5. The van der Waals surface area contributed by atoms with Gasteiger partial charge in [0.05, 0.1) is 24.4 Å². The number of amides is 1. The van der Waals surface area contributed by atoms with Crippen LogP contribution in [0, 0.1) is 5.92 Å². The Balaban J connectivity index is 1.81. The predicted octanol–water partition coefficient (Wildman–Crippen LogP) is 4.56. The predicted molar refractivity (Wildman–Crippen MR) is 120 cm³/mol. The smallest absolute Gasteiger partial charge is 0.265 e. The second-order valence-corrected chi connectivity index (χ2v) is 9.34. The van der Waals surface area contributed by atoms with E-state index in [2.05, 4.69) is 32.0 Å². The van der Waals surface area contributed by atoms with Gasteiger partial charge in [0.1, 0.15) is 16.4 Å². The zero-order valence-electron chi connectivity index (χ0n) is 16.6. The van der Waals surface area contributed by atoms with E-state index in [1.54, 1.807) is 24.3 Å². The molecule has 0 spiro atoms. The highest BCUT2D eigenvalue weighted by molar-refractivity contribution is 9.10. The van der Waals surface area contributed by atoms with Crippen LogP contribution in [0.25, 0.3) is 0 Å². The van der Waals surface area contributed by atoms with E-state index in [-0.39, 0.29) is 22.5 Å². The van der Waals surface area contributed by atoms with Crippen LogP contribution in [0.2, 0.25) is 0 Å². The van der Waals surface area contributed by atoms with Crippen LogP contribution < -0.4 is 19.5 Å². The SMILES string of the molecule is COc1ccc(NS(=O)(=O)c2cc(NC(=O)CC3C=CCC3)ccc2OC)cc1Br. The molecule has 1 atom stereocenters. The first-order valence-electron chi connectivity index (χ1n) is 9.33. The average Bonchev–Trinajstić information content (AvgIpc) is 3.20. The van der Waals surface area contributed by atoms with E-state index in [1.165, 1.54) is 26.4 Å². The zero-order chi connectivity index (χ0) is 21.7. The molecule has 0 heterocycles. The second kappa shape index (κ2) is 9.53. The fraction of sp³-hybridized carbons (Fsp3) is 0.286. The minimum Gasteiger partial charge on any atom is -0.496 e. The molecule has 0 saturated heterocycles. The summed E-state index contributed by atoms with van der Waals surface area (Å²) in [6.07, 6.45) is 6.41. The molecule has 30 heavy (non-hydrogen) atoms. The minimum atomic E-state index is -3.97. The maximum Gasteiger partial charge on any atom is 0.265 e. The van der Waals surface area contributed by atoms with E-state index >= 15 is 0 Å². The molecule has 2 aromatic carbocycles. The molecule has 1 amide bonds. The summed E-state index contributed by atoms with van der Waals surface area (Å²) in [4.78, 5) is 12.2.